The lowest BCUT2D eigenvalue weighted by Gasteiger charge is -2.12. The fraction of sp³-hybridized carbons (Fsp3) is 0.636. The van der Waals surface area contributed by atoms with Gasteiger partial charge in [0.2, 0.25) is 0 Å². The smallest absolute Gasteiger partial charge is 0.342 e. The second-order valence-electron chi connectivity index (χ2n) is 4.09. The van der Waals surface area contributed by atoms with Crippen LogP contribution in [0.15, 0.2) is 6.20 Å². The van der Waals surface area contributed by atoms with E-state index in [-0.39, 0.29) is 5.97 Å². The molecule has 16 heavy (non-hydrogen) atoms. The summed E-state index contributed by atoms with van der Waals surface area (Å²) in [6.07, 6.45) is 4.15. The number of carbonyl (C=O) groups excluding carboxylic acids is 1. The van der Waals surface area contributed by atoms with Gasteiger partial charge in [-0.05, 0) is 55.2 Å². The van der Waals surface area contributed by atoms with Gasteiger partial charge in [0.1, 0.15) is 9.26 Å². The second kappa shape index (κ2) is 4.73. The zero-order valence-corrected chi connectivity index (χ0v) is 11.6. The maximum Gasteiger partial charge on any atom is 0.342 e. The molecule has 1 aromatic heterocycles. The molecule has 1 aromatic rings. The molecule has 1 saturated carbocycles. The zero-order chi connectivity index (χ0) is 11.7. The largest absolute Gasteiger partial charge is 0.462 e. The van der Waals surface area contributed by atoms with Crippen molar-refractivity contribution < 1.29 is 9.53 Å². The van der Waals surface area contributed by atoms with Crippen molar-refractivity contribution in [1.29, 1.82) is 0 Å². The highest BCUT2D eigenvalue weighted by molar-refractivity contribution is 14.1. The number of aromatic nitrogens is 2. The number of hydrogen-bond acceptors (Lipinski definition) is 3. The Morgan fingerprint density at radius 1 is 1.75 bits per heavy atom. The van der Waals surface area contributed by atoms with Crippen LogP contribution in [0.1, 0.15) is 43.1 Å². The van der Waals surface area contributed by atoms with Crippen LogP contribution in [0, 0.1) is 9.62 Å². The van der Waals surface area contributed by atoms with Crippen LogP contribution in [0.5, 0.6) is 0 Å². The van der Waals surface area contributed by atoms with Gasteiger partial charge in [-0.25, -0.2) is 4.79 Å². The standard InChI is InChI=1S/C11H15IN2O2/c1-3-16-11(15)9-6-13-14(10(9)12)7(2)8-4-5-8/h6-8H,3-5H2,1-2H3/t7-/m1/s1. The molecule has 0 spiro atoms. The molecule has 0 radical (unpaired) electrons. The Morgan fingerprint density at radius 2 is 2.44 bits per heavy atom. The average Bonchev–Trinajstić information content (AvgIpc) is 3.02. The van der Waals surface area contributed by atoms with Gasteiger partial charge in [0.15, 0.2) is 0 Å². The second-order valence-corrected chi connectivity index (χ2v) is 5.11. The van der Waals surface area contributed by atoms with Crippen LogP contribution in [0.4, 0.5) is 0 Å². The molecule has 2 rings (SSSR count). The molecule has 1 aliphatic rings. The fourth-order valence-electron chi connectivity index (χ4n) is 1.76. The zero-order valence-electron chi connectivity index (χ0n) is 9.44. The van der Waals surface area contributed by atoms with Crippen LogP contribution >= 0.6 is 22.6 Å². The minimum absolute atomic E-state index is 0.277. The van der Waals surface area contributed by atoms with Crippen molar-refractivity contribution in [1.82, 2.24) is 9.78 Å². The van der Waals surface area contributed by atoms with Crippen LogP contribution in [-0.2, 0) is 4.74 Å². The van der Waals surface area contributed by atoms with Crippen molar-refractivity contribution in [3.63, 3.8) is 0 Å². The van der Waals surface area contributed by atoms with Gasteiger partial charge < -0.3 is 4.74 Å². The fourth-order valence-corrected chi connectivity index (χ4v) is 2.68. The van der Waals surface area contributed by atoms with E-state index in [4.69, 9.17) is 4.74 Å². The first-order valence-corrected chi connectivity index (χ1v) is 6.63. The van der Waals surface area contributed by atoms with E-state index >= 15 is 0 Å². The van der Waals surface area contributed by atoms with Crippen LogP contribution in [0.3, 0.4) is 0 Å². The number of hydrogen-bond donors (Lipinski definition) is 0. The first kappa shape index (κ1) is 11.9. The van der Waals surface area contributed by atoms with E-state index in [1.165, 1.54) is 12.8 Å². The first-order chi connectivity index (χ1) is 7.65. The van der Waals surface area contributed by atoms with E-state index in [0.717, 1.165) is 9.62 Å². The third-order valence-electron chi connectivity index (χ3n) is 2.92. The molecule has 88 valence electrons. The minimum atomic E-state index is -0.277. The molecule has 0 aromatic carbocycles. The van der Waals surface area contributed by atoms with Crippen LogP contribution in [0.25, 0.3) is 0 Å². The molecule has 0 aliphatic heterocycles. The summed E-state index contributed by atoms with van der Waals surface area (Å²) in [5.74, 6) is 0.449. The highest BCUT2D eigenvalue weighted by Gasteiger charge is 2.31. The number of rotatable bonds is 4. The summed E-state index contributed by atoms with van der Waals surface area (Å²) >= 11 is 2.17. The van der Waals surface area contributed by atoms with Crippen molar-refractivity contribution >= 4 is 28.6 Å². The van der Waals surface area contributed by atoms with E-state index in [1.807, 2.05) is 11.6 Å². The van der Waals surface area contributed by atoms with Crippen LogP contribution in [0.2, 0.25) is 0 Å². The Kier molecular flexibility index (Phi) is 3.51. The number of halogens is 1. The predicted octanol–water partition coefficient (Wildman–Crippen LogP) is 2.64. The van der Waals surface area contributed by atoms with E-state index in [9.17, 15) is 4.79 Å². The lowest BCUT2D eigenvalue weighted by molar-refractivity contribution is 0.0525. The summed E-state index contributed by atoms with van der Waals surface area (Å²) in [5.41, 5.74) is 0.579. The Hall–Kier alpha value is -0.590. The highest BCUT2D eigenvalue weighted by atomic mass is 127. The van der Waals surface area contributed by atoms with Crippen LogP contribution in [-0.4, -0.2) is 22.4 Å². The molecule has 0 unspecified atom stereocenters. The van der Waals surface area contributed by atoms with E-state index < -0.39 is 0 Å². The number of nitrogens with zero attached hydrogens (tertiary/aromatic N) is 2. The van der Waals surface area contributed by atoms with E-state index in [0.29, 0.717) is 18.2 Å². The average molecular weight is 334 g/mol. The van der Waals surface area contributed by atoms with E-state index in [2.05, 4.69) is 34.6 Å². The Morgan fingerprint density at radius 3 is 3.00 bits per heavy atom. The summed E-state index contributed by atoms with van der Waals surface area (Å²) in [6.45, 7) is 4.36. The first-order valence-electron chi connectivity index (χ1n) is 5.55. The molecule has 0 amide bonds. The molecule has 1 aliphatic carbocycles. The molecule has 1 fully saturated rings. The lowest BCUT2D eigenvalue weighted by atomic mass is 10.2. The molecular weight excluding hydrogens is 319 g/mol. The summed E-state index contributed by atoms with van der Waals surface area (Å²) < 4.78 is 7.80. The van der Waals surface area contributed by atoms with Crippen molar-refractivity contribution in [2.24, 2.45) is 5.92 Å². The molecule has 1 atom stereocenters. The normalized spacial score (nSPS) is 17.2. The molecule has 4 nitrogen and oxygen atoms in total. The number of esters is 1. The molecule has 0 bridgehead atoms. The molecule has 0 N–H and O–H groups in total. The molecule has 1 heterocycles. The molecule has 5 heteroatoms. The quantitative estimate of drug-likeness (QED) is 0.628. The maximum absolute atomic E-state index is 11.6. The topological polar surface area (TPSA) is 44.1 Å². The third-order valence-corrected chi connectivity index (χ3v) is 4.00. The molecular formula is C11H15IN2O2. The number of ether oxygens (including phenoxy) is 1. The van der Waals surface area contributed by atoms with Gasteiger partial charge in [-0.15, -0.1) is 0 Å². The van der Waals surface area contributed by atoms with Crippen molar-refractivity contribution in [2.75, 3.05) is 6.61 Å². The van der Waals surface area contributed by atoms with Gasteiger partial charge in [0, 0.05) is 0 Å². The maximum atomic E-state index is 11.6. The lowest BCUT2D eigenvalue weighted by Crippen LogP contribution is -2.12. The van der Waals surface area contributed by atoms with Crippen molar-refractivity contribution in [3.8, 4) is 0 Å². The predicted molar refractivity (Wildman–Crippen MR) is 68.3 cm³/mol. The van der Waals surface area contributed by atoms with Crippen molar-refractivity contribution in [3.05, 3.63) is 15.5 Å². The summed E-state index contributed by atoms with van der Waals surface area (Å²) in [6, 6.07) is 0.384. The SMILES string of the molecule is CCOC(=O)c1cnn([C@H](C)C2CC2)c1I. The third kappa shape index (κ3) is 2.23. The van der Waals surface area contributed by atoms with E-state index in [1.54, 1.807) is 6.20 Å². The van der Waals surface area contributed by atoms with Gasteiger partial charge in [-0.1, -0.05) is 0 Å². The summed E-state index contributed by atoms with van der Waals surface area (Å²) in [5, 5.41) is 4.29. The highest BCUT2D eigenvalue weighted by Crippen LogP contribution is 2.40. The van der Waals surface area contributed by atoms with Gasteiger partial charge in [0.25, 0.3) is 0 Å². The Balaban J connectivity index is 2.19. The summed E-state index contributed by atoms with van der Waals surface area (Å²) in [7, 11) is 0. The molecule has 0 saturated heterocycles. The van der Waals surface area contributed by atoms with Gasteiger partial charge >= 0.3 is 5.97 Å². The van der Waals surface area contributed by atoms with Gasteiger partial charge in [0.05, 0.1) is 18.8 Å². The monoisotopic (exact) mass is 334 g/mol. The van der Waals surface area contributed by atoms with Gasteiger partial charge in [-0.2, -0.15) is 5.10 Å². The Labute approximate surface area is 108 Å². The van der Waals surface area contributed by atoms with Gasteiger partial charge in [-0.3, -0.25) is 4.68 Å². The Bertz CT molecular complexity index is 399. The summed E-state index contributed by atoms with van der Waals surface area (Å²) in [4.78, 5) is 11.6. The minimum Gasteiger partial charge on any atom is -0.462 e. The number of carbonyl (C=O) groups is 1. The van der Waals surface area contributed by atoms with Crippen LogP contribution < -0.4 is 0 Å². The van der Waals surface area contributed by atoms with Crippen molar-refractivity contribution in [2.45, 2.75) is 32.7 Å².